The van der Waals surface area contributed by atoms with E-state index in [4.69, 9.17) is 4.74 Å². The number of nitrogens with zero attached hydrogens (tertiary/aromatic N) is 2. The van der Waals surface area contributed by atoms with Crippen molar-refractivity contribution >= 4 is 34.3 Å². The summed E-state index contributed by atoms with van der Waals surface area (Å²) in [5.41, 5.74) is 2.56. The Morgan fingerprint density at radius 2 is 2.03 bits per heavy atom. The van der Waals surface area contributed by atoms with Gasteiger partial charge < -0.3 is 15.4 Å². The third kappa shape index (κ3) is 6.28. The molecule has 166 valence electrons. The van der Waals surface area contributed by atoms with Crippen LogP contribution in [0, 0.1) is 10.1 Å². The van der Waals surface area contributed by atoms with E-state index >= 15 is 0 Å². The zero-order valence-corrected chi connectivity index (χ0v) is 18.1. The number of pyridine rings is 1. The van der Waals surface area contributed by atoms with Gasteiger partial charge >= 0.3 is 0 Å². The van der Waals surface area contributed by atoms with Gasteiger partial charge in [0.1, 0.15) is 5.75 Å². The molecule has 32 heavy (non-hydrogen) atoms. The smallest absolute Gasteiger partial charge is 0.269 e. The third-order valence-corrected chi connectivity index (χ3v) is 4.96. The quantitative estimate of drug-likeness (QED) is 0.210. The molecule has 2 aromatic carbocycles. The van der Waals surface area contributed by atoms with Gasteiger partial charge in [0.15, 0.2) is 0 Å². The lowest BCUT2D eigenvalue weighted by atomic mass is 10.1. The van der Waals surface area contributed by atoms with Gasteiger partial charge in [-0.15, -0.1) is 0 Å². The highest BCUT2D eigenvalue weighted by Crippen LogP contribution is 2.28. The summed E-state index contributed by atoms with van der Waals surface area (Å²) in [6.45, 7) is 2.64. The van der Waals surface area contributed by atoms with Crippen LogP contribution >= 0.6 is 0 Å². The number of aromatic nitrogens is 1. The Bertz CT molecular complexity index is 1110. The average molecular weight is 434 g/mol. The number of ether oxygens (including phenoxy) is 1. The predicted molar refractivity (Wildman–Crippen MR) is 126 cm³/mol. The minimum Gasteiger partial charge on any atom is -0.497 e. The van der Waals surface area contributed by atoms with Crippen LogP contribution in [0.1, 0.15) is 25.3 Å². The molecule has 0 saturated heterocycles. The van der Waals surface area contributed by atoms with Gasteiger partial charge in [-0.3, -0.25) is 19.9 Å². The van der Waals surface area contributed by atoms with E-state index in [0.717, 1.165) is 40.7 Å². The highest BCUT2D eigenvalue weighted by Gasteiger charge is 2.09. The number of nitro groups is 1. The van der Waals surface area contributed by atoms with Crippen LogP contribution in [-0.2, 0) is 4.79 Å². The first-order valence-corrected chi connectivity index (χ1v) is 10.4. The lowest BCUT2D eigenvalue weighted by Crippen LogP contribution is -2.24. The van der Waals surface area contributed by atoms with Gasteiger partial charge in [-0.1, -0.05) is 6.07 Å². The fourth-order valence-corrected chi connectivity index (χ4v) is 3.29. The van der Waals surface area contributed by atoms with Crippen LogP contribution in [0.3, 0.4) is 0 Å². The molecular formula is C24H26N4O4. The van der Waals surface area contributed by atoms with Crippen molar-refractivity contribution < 1.29 is 14.5 Å². The van der Waals surface area contributed by atoms with Crippen LogP contribution in [0.4, 0.5) is 11.4 Å². The third-order valence-electron chi connectivity index (χ3n) is 4.96. The fourth-order valence-electron chi connectivity index (χ4n) is 3.29. The normalized spacial score (nSPS) is 11.9. The minimum absolute atomic E-state index is 0.0204. The van der Waals surface area contributed by atoms with Crippen molar-refractivity contribution in [2.45, 2.75) is 25.8 Å². The summed E-state index contributed by atoms with van der Waals surface area (Å²) in [5.74, 6) is 0.569. The summed E-state index contributed by atoms with van der Waals surface area (Å²) in [5, 5.41) is 18.0. The molecule has 0 fully saturated rings. The molecule has 3 aromatic rings. The molecule has 2 N–H and O–H groups in total. The van der Waals surface area contributed by atoms with Crippen molar-refractivity contribution in [3.63, 3.8) is 0 Å². The lowest BCUT2D eigenvalue weighted by molar-refractivity contribution is -0.384. The van der Waals surface area contributed by atoms with Crippen molar-refractivity contribution in [2.24, 2.45) is 0 Å². The van der Waals surface area contributed by atoms with E-state index in [0.29, 0.717) is 6.54 Å². The second kappa shape index (κ2) is 10.9. The van der Waals surface area contributed by atoms with E-state index in [2.05, 4.69) is 22.5 Å². The number of amides is 1. The number of anilines is 1. The Morgan fingerprint density at radius 1 is 1.25 bits per heavy atom. The van der Waals surface area contributed by atoms with Crippen molar-refractivity contribution in [3.8, 4) is 5.75 Å². The minimum atomic E-state index is -0.455. The summed E-state index contributed by atoms with van der Waals surface area (Å²) < 4.78 is 5.39. The summed E-state index contributed by atoms with van der Waals surface area (Å²) in [7, 11) is 1.64. The number of methoxy groups -OCH3 is 1. The van der Waals surface area contributed by atoms with Crippen LogP contribution in [0.25, 0.3) is 17.0 Å². The standard InChI is InChI=1S/C24H26N4O4/c1-17(27-22-16-21(32-2)15-19-6-4-14-26-24(19)22)5-3-13-25-23(29)12-9-18-7-10-20(11-8-18)28(30)31/h4,6-12,14-17,27H,3,5,13H2,1-2H3,(H,25,29)/b12-9+. The van der Waals surface area contributed by atoms with Gasteiger partial charge in [0.2, 0.25) is 5.91 Å². The van der Waals surface area contributed by atoms with E-state index in [1.54, 1.807) is 31.5 Å². The molecule has 1 amide bonds. The summed E-state index contributed by atoms with van der Waals surface area (Å²) >= 11 is 0. The monoisotopic (exact) mass is 434 g/mol. The molecular weight excluding hydrogens is 408 g/mol. The predicted octanol–water partition coefficient (Wildman–Crippen LogP) is 4.56. The Kier molecular flexibility index (Phi) is 7.75. The maximum absolute atomic E-state index is 12.0. The Labute approximate surface area is 186 Å². The summed E-state index contributed by atoms with van der Waals surface area (Å²) in [6.07, 6.45) is 6.49. The number of hydrogen-bond acceptors (Lipinski definition) is 6. The summed E-state index contributed by atoms with van der Waals surface area (Å²) in [4.78, 5) is 26.7. The van der Waals surface area contributed by atoms with Gasteiger partial charge in [-0.05, 0) is 55.7 Å². The Hall–Kier alpha value is -3.94. The van der Waals surface area contributed by atoms with E-state index in [-0.39, 0.29) is 17.6 Å². The molecule has 1 atom stereocenters. The van der Waals surface area contributed by atoms with Crippen molar-refractivity contribution in [3.05, 3.63) is 76.5 Å². The number of carbonyl (C=O) groups excluding carboxylic acids is 1. The molecule has 0 saturated carbocycles. The second-order valence-corrected chi connectivity index (χ2v) is 7.41. The van der Waals surface area contributed by atoms with Gasteiger partial charge in [-0.2, -0.15) is 0 Å². The zero-order chi connectivity index (χ0) is 22.9. The number of benzene rings is 2. The van der Waals surface area contributed by atoms with Gasteiger partial charge in [0, 0.05) is 48.4 Å². The number of nitro benzene ring substituents is 1. The molecule has 8 heteroatoms. The zero-order valence-electron chi connectivity index (χ0n) is 18.1. The molecule has 1 heterocycles. The largest absolute Gasteiger partial charge is 0.497 e. The number of fused-ring (bicyclic) bond motifs is 1. The maximum atomic E-state index is 12.0. The van der Waals surface area contributed by atoms with E-state index in [1.165, 1.54) is 18.2 Å². The molecule has 0 aliphatic rings. The Balaban J connectivity index is 1.45. The number of rotatable bonds is 10. The molecule has 8 nitrogen and oxygen atoms in total. The van der Waals surface area contributed by atoms with Crippen LogP contribution < -0.4 is 15.4 Å². The highest BCUT2D eigenvalue weighted by atomic mass is 16.6. The van der Waals surface area contributed by atoms with E-state index in [1.807, 2.05) is 24.3 Å². The first-order chi connectivity index (χ1) is 15.5. The number of non-ortho nitro benzene ring substituents is 1. The van der Waals surface area contributed by atoms with Crippen molar-refractivity contribution in [2.75, 3.05) is 19.0 Å². The number of hydrogen-bond donors (Lipinski definition) is 2. The number of nitrogens with one attached hydrogen (secondary N) is 2. The van der Waals surface area contributed by atoms with E-state index in [9.17, 15) is 14.9 Å². The van der Waals surface area contributed by atoms with E-state index < -0.39 is 4.92 Å². The van der Waals surface area contributed by atoms with Crippen LogP contribution in [0.5, 0.6) is 5.75 Å². The molecule has 1 unspecified atom stereocenters. The van der Waals surface area contributed by atoms with Gasteiger partial charge in [0.05, 0.1) is 23.2 Å². The Morgan fingerprint density at radius 3 is 2.75 bits per heavy atom. The van der Waals surface area contributed by atoms with Crippen molar-refractivity contribution in [1.82, 2.24) is 10.3 Å². The molecule has 1 aromatic heterocycles. The summed E-state index contributed by atoms with van der Waals surface area (Å²) in [6, 6.07) is 14.0. The van der Waals surface area contributed by atoms with Gasteiger partial charge in [-0.25, -0.2) is 0 Å². The van der Waals surface area contributed by atoms with Gasteiger partial charge in [0.25, 0.3) is 5.69 Å². The first kappa shape index (κ1) is 22.7. The van der Waals surface area contributed by atoms with Crippen LogP contribution in [0.15, 0.2) is 60.8 Å². The maximum Gasteiger partial charge on any atom is 0.269 e. The molecule has 0 bridgehead atoms. The molecule has 0 spiro atoms. The molecule has 3 rings (SSSR count). The van der Waals surface area contributed by atoms with Crippen molar-refractivity contribution in [1.29, 1.82) is 0 Å². The molecule has 0 aliphatic carbocycles. The SMILES string of the molecule is COc1cc(NC(C)CCCNC(=O)/C=C/c2ccc([N+](=O)[O-])cc2)c2ncccc2c1. The topological polar surface area (TPSA) is 106 Å². The van der Waals surface area contributed by atoms with Crippen LogP contribution in [0.2, 0.25) is 0 Å². The fraction of sp³-hybridized carbons (Fsp3) is 0.250. The second-order valence-electron chi connectivity index (χ2n) is 7.41. The molecule has 0 aliphatic heterocycles. The number of carbonyl (C=O) groups is 1. The highest BCUT2D eigenvalue weighted by molar-refractivity contribution is 5.92. The lowest BCUT2D eigenvalue weighted by Gasteiger charge is -2.17. The first-order valence-electron chi connectivity index (χ1n) is 10.4. The van der Waals surface area contributed by atoms with Crippen LogP contribution in [-0.4, -0.2) is 35.5 Å². The molecule has 0 radical (unpaired) electrons. The average Bonchev–Trinajstić information content (AvgIpc) is 2.80.